The second-order valence-corrected chi connectivity index (χ2v) is 10.4. The molecule has 0 radical (unpaired) electrons. The van der Waals surface area contributed by atoms with E-state index in [1.165, 1.54) is 0 Å². The molecule has 0 atom stereocenters. The van der Waals surface area contributed by atoms with Crippen molar-refractivity contribution in [2.75, 3.05) is 13.1 Å². The van der Waals surface area contributed by atoms with Crippen LogP contribution in [0, 0.1) is 0 Å². The SMILES string of the molecule is CCNC(=NCc1nc(C(C)(C)C)cs1)NCC(C)(C)NC(=O)OC(C)(C)C. The lowest BCUT2D eigenvalue weighted by Gasteiger charge is -2.29. The lowest BCUT2D eigenvalue weighted by molar-refractivity contribution is 0.0474. The Morgan fingerprint density at radius 2 is 1.79 bits per heavy atom. The fourth-order valence-electron chi connectivity index (χ4n) is 2.15. The molecule has 1 rings (SSSR count). The number of aliphatic imine (C=N–C) groups is 1. The second-order valence-electron chi connectivity index (χ2n) is 9.44. The van der Waals surface area contributed by atoms with Gasteiger partial charge in [-0.3, -0.25) is 0 Å². The lowest BCUT2D eigenvalue weighted by atomic mass is 9.93. The molecular weight excluding hydrogens is 374 g/mol. The van der Waals surface area contributed by atoms with Crippen LogP contribution in [0.25, 0.3) is 0 Å². The van der Waals surface area contributed by atoms with E-state index < -0.39 is 17.2 Å². The van der Waals surface area contributed by atoms with Gasteiger partial charge in [-0.25, -0.2) is 14.8 Å². The molecule has 0 saturated carbocycles. The topological polar surface area (TPSA) is 87.6 Å². The molecule has 7 nitrogen and oxygen atoms in total. The van der Waals surface area contributed by atoms with Crippen LogP contribution in [0.4, 0.5) is 4.79 Å². The Kier molecular flexibility index (Phi) is 8.29. The van der Waals surface area contributed by atoms with Crippen molar-refractivity contribution >= 4 is 23.4 Å². The number of carbonyl (C=O) groups is 1. The normalized spacial score (nSPS) is 13.2. The van der Waals surface area contributed by atoms with Crippen molar-refractivity contribution in [3.05, 3.63) is 16.1 Å². The number of rotatable bonds is 6. The maximum Gasteiger partial charge on any atom is 0.408 e. The molecule has 8 heteroatoms. The average molecular weight is 412 g/mol. The summed E-state index contributed by atoms with van der Waals surface area (Å²) < 4.78 is 5.33. The van der Waals surface area contributed by atoms with Crippen LogP contribution in [-0.2, 0) is 16.7 Å². The lowest BCUT2D eigenvalue weighted by Crippen LogP contribution is -2.54. The van der Waals surface area contributed by atoms with Crippen LogP contribution < -0.4 is 16.0 Å². The van der Waals surface area contributed by atoms with Crippen LogP contribution in [0.5, 0.6) is 0 Å². The van der Waals surface area contributed by atoms with Gasteiger partial charge in [-0.1, -0.05) is 20.8 Å². The number of guanidine groups is 1. The molecule has 28 heavy (non-hydrogen) atoms. The zero-order chi connectivity index (χ0) is 21.6. The molecule has 0 bridgehead atoms. The van der Waals surface area contributed by atoms with Crippen molar-refractivity contribution in [1.82, 2.24) is 20.9 Å². The maximum absolute atomic E-state index is 12.0. The first-order valence-electron chi connectivity index (χ1n) is 9.70. The summed E-state index contributed by atoms with van der Waals surface area (Å²) in [6.07, 6.45) is -0.432. The third-order valence-electron chi connectivity index (χ3n) is 3.57. The number of carbonyl (C=O) groups excluding carboxylic acids is 1. The van der Waals surface area contributed by atoms with E-state index in [2.05, 4.69) is 52.1 Å². The zero-order valence-electron chi connectivity index (χ0n) is 18.8. The molecule has 160 valence electrons. The summed E-state index contributed by atoms with van der Waals surface area (Å²) in [5, 5.41) is 12.5. The molecule has 1 aromatic heterocycles. The smallest absolute Gasteiger partial charge is 0.408 e. The predicted molar refractivity (Wildman–Crippen MR) is 117 cm³/mol. The summed E-state index contributed by atoms with van der Waals surface area (Å²) in [6.45, 7) is 19.6. The van der Waals surface area contributed by atoms with Crippen LogP contribution in [0.3, 0.4) is 0 Å². The van der Waals surface area contributed by atoms with Gasteiger partial charge >= 0.3 is 6.09 Å². The van der Waals surface area contributed by atoms with Gasteiger partial charge in [0.25, 0.3) is 0 Å². The van der Waals surface area contributed by atoms with Gasteiger partial charge in [0.1, 0.15) is 10.6 Å². The van der Waals surface area contributed by atoms with Crippen molar-refractivity contribution in [2.24, 2.45) is 4.99 Å². The van der Waals surface area contributed by atoms with E-state index in [0.29, 0.717) is 19.0 Å². The Balaban J connectivity index is 2.67. The van der Waals surface area contributed by atoms with Crippen molar-refractivity contribution < 1.29 is 9.53 Å². The van der Waals surface area contributed by atoms with Gasteiger partial charge < -0.3 is 20.7 Å². The number of aromatic nitrogens is 1. The summed E-state index contributed by atoms with van der Waals surface area (Å²) in [6, 6.07) is 0. The van der Waals surface area contributed by atoms with Gasteiger partial charge in [0, 0.05) is 23.9 Å². The summed E-state index contributed by atoms with van der Waals surface area (Å²) in [5.41, 5.74) is 0.102. The first-order valence-corrected chi connectivity index (χ1v) is 10.6. The first kappa shape index (κ1) is 24.2. The largest absolute Gasteiger partial charge is 0.444 e. The van der Waals surface area contributed by atoms with Gasteiger partial charge in [0.2, 0.25) is 0 Å². The molecule has 1 amide bonds. The molecule has 0 aromatic carbocycles. The third kappa shape index (κ3) is 9.39. The molecule has 0 aliphatic heterocycles. The van der Waals surface area contributed by atoms with Crippen LogP contribution >= 0.6 is 11.3 Å². The van der Waals surface area contributed by atoms with Crippen LogP contribution in [0.15, 0.2) is 10.4 Å². The highest BCUT2D eigenvalue weighted by molar-refractivity contribution is 7.09. The number of nitrogens with one attached hydrogen (secondary N) is 3. The summed E-state index contributed by atoms with van der Waals surface area (Å²) in [7, 11) is 0. The van der Waals surface area contributed by atoms with E-state index >= 15 is 0 Å². The standard InChI is InChI=1S/C20H37N5O2S/c1-10-21-16(22-11-15-24-14(12-28-15)18(2,3)4)23-13-20(8,9)25-17(26)27-19(5,6)7/h12H,10-11,13H2,1-9H3,(H,25,26)(H2,21,22,23). The maximum atomic E-state index is 12.0. The minimum Gasteiger partial charge on any atom is -0.444 e. The Labute approximate surface area is 173 Å². The van der Waals surface area contributed by atoms with Gasteiger partial charge in [0.05, 0.1) is 17.8 Å². The van der Waals surface area contributed by atoms with E-state index in [9.17, 15) is 4.79 Å². The van der Waals surface area contributed by atoms with Gasteiger partial charge in [-0.2, -0.15) is 0 Å². The molecule has 0 fully saturated rings. The van der Waals surface area contributed by atoms with Crippen LogP contribution in [0.2, 0.25) is 0 Å². The minimum absolute atomic E-state index is 0.0402. The predicted octanol–water partition coefficient (Wildman–Crippen LogP) is 3.80. The number of thiazole rings is 1. The average Bonchev–Trinajstić information content (AvgIpc) is 2.96. The van der Waals surface area contributed by atoms with Gasteiger partial charge in [-0.15, -0.1) is 11.3 Å². The molecule has 0 unspecified atom stereocenters. The molecule has 0 spiro atoms. The fourth-order valence-corrected chi connectivity index (χ4v) is 3.09. The molecule has 1 aromatic rings. The number of nitrogens with zero attached hydrogens (tertiary/aromatic N) is 2. The van der Waals surface area contributed by atoms with E-state index in [1.54, 1.807) is 11.3 Å². The summed E-state index contributed by atoms with van der Waals surface area (Å²) in [4.78, 5) is 21.3. The first-order chi connectivity index (χ1) is 12.7. The zero-order valence-corrected chi connectivity index (χ0v) is 19.6. The highest BCUT2D eigenvalue weighted by Crippen LogP contribution is 2.24. The molecular formula is C20H37N5O2S. The van der Waals surface area contributed by atoms with Crippen LogP contribution in [0.1, 0.15) is 73.0 Å². The van der Waals surface area contributed by atoms with E-state index in [4.69, 9.17) is 4.74 Å². The Morgan fingerprint density at radius 1 is 1.14 bits per heavy atom. The number of hydrogen-bond acceptors (Lipinski definition) is 5. The van der Waals surface area contributed by atoms with Crippen molar-refractivity contribution in [1.29, 1.82) is 0 Å². The van der Waals surface area contributed by atoms with Gasteiger partial charge in [0.15, 0.2) is 5.96 Å². The monoisotopic (exact) mass is 411 g/mol. The fraction of sp³-hybridized carbons (Fsp3) is 0.750. The number of hydrogen-bond donors (Lipinski definition) is 3. The Hall–Kier alpha value is -1.83. The molecule has 1 heterocycles. The van der Waals surface area contributed by atoms with E-state index in [-0.39, 0.29) is 5.41 Å². The number of ether oxygens (including phenoxy) is 1. The Bertz CT molecular complexity index is 669. The summed E-state index contributed by atoms with van der Waals surface area (Å²) >= 11 is 1.63. The van der Waals surface area contributed by atoms with Gasteiger partial charge in [-0.05, 0) is 41.5 Å². The molecule has 0 aliphatic rings. The number of alkyl carbamates (subject to hydrolysis) is 1. The quantitative estimate of drug-likeness (QED) is 0.489. The highest BCUT2D eigenvalue weighted by Gasteiger charge is 2.25. The minimum atomic E-state index is -0.524. The Morgan fingerprint density at radius 3 is 2.29 bits per heavy atom. The van der Waals surface area contributed by atoms with Crippen molar-refractivity contribution in [2.45, 2.75) is 85.4 Å². The second kappa shape index (κ2) is 9.58. The highest BCUT2D eigenvalue weighted by atomic mass is 32.1. The van der Waals surface area contributed by atoms with E-state index in [0.717, 1.165) is 17.2 Å². The van der Waals surface area contributed by atoms with E-state index in [1.807, 2.05) is 41.5 Å². The van der Waals surface area contributed by atoms with Crippen molar-refractivity contribution in [3.8, 4) is 0 Å². The molecule has 3 N–H and O–H groups in total. The molecule has 0 saturated heterocycles. The number of amides is 1. The molecule has 0 aliphatic carbocycles. The third-order valence-corrected chi connectivity index (χ3v) is 4.41. The van der Waals surface area contributed by atoms with Crippen molar-refractivity contribution in [3.63, 3.8) is 0 Å². The summed E-state index contributed by atoms with van der Waals surface area (Å²) in [5.74, 6) is 0.689. The van der Waals surface area contributed by atoms with Crippen LogP contribution in [-0.4, -0.2) is 41.3 Å².